The third-order valence-corrected chi connectivity index (χ3v) is 5.50. The summed E-state index contributed by atoms with van der Waals surface area (Å²) in [7, 11) is 0. The fourth-order valence-corrected chi connectivity index (χ4v) is 4.46. The molecule has 1 fully saturated rings. The summed E-state index contributed by atoms with van der Waals surface area (Å²) < 4.78 is 0. The van der Waals surface area contributed by atoms with Gasteiger partial charge in [-0.25, -0.2) is 4.98 Å². The van der Waals surface area contributed by atoms with Crippen molar-refractivity contribution in [2.45, 2.75) is 85.7 Å². The van der Waals surface area contributed by atoms with Gasteiger partial charge in [0.15, 0.2) is 0 Å². The number of nitrogens with zero attached hydrogens (tertiary/aromatic N) is 2. The zero-order chi connectivity index (χ0) is 20.9. The van der Waals surface area contributed by atoms with Crippen molar-refractivity contribution in [1.82, 2.24) is 20.6 Å². The Morgan fingerprint density at radius 1 is 0.964 bits per heavy atom. The summed E-state index contributed by atoms with van der Waals surface area (Å²) in [5.74, 6) is -0.296. The first-order valence-corrected chi connectivity index (χ1v) is 10.4. The molecule has 1 heterocycles. The van der Waals surface area contributed by atoms with E-state index in [4.69, 9.17) is 0 Å². The Hall–Kier alpha value is -1.98. The number of carbonyl (C=O) groups excluding carboxylic acids is 2. The molecular weight excluding hydrogens is 352 g/mol. The molecular formula is C22H36N4O2. The molecule has 1 atom stereocenters. The van der Waals surface area contributed by atoms with Gasteiger partial charge < -0.3 is 10.6 Å². The first-order valence-electron chi connectivity index (χ1n) is 10.4. The Bertz CT molecular complexity index is 641. The van der Waals surface area contributed by atoms with E-state index in [0.717, 1.165) is 25.7 Å². The molecule has 2 rings (SSSR count). The maximum absolute atomic E-state index is 13.4. The minimum absolute atomic E-state index is 0.0213. The highest BCUT2D eigenvalue weighted by molar-refractivity contribution is 5.96. The summed E-state index contributed by atoms with van der Waals surface area (Å²) in [6, 6.07) is -0.575. The second-order valence-corrected chi connectivity index (χ2v) is 10.1. The number of hydrogen-bond acceptors (Lipinski definition) is 4. The minimum atomic E-state index is -0.554. The SMILES string of the molecule is CC(C)(C)C(NC(=O)[C@@H](NC(=O)c1cnccn1)C1CCCCC1)C(C)(C)C. The van der Waals surface area contributed by atoms with E-state index in [9.17, 15) is 9.59 Å². The van der Waals surface area contributed by atoms with Gasteiger partial charge in [0.2, 0.25) is 5.91 Å². The number of hydrogen-bond donors (Lipinski definition) is 2. The van der Waals surface area contributed by atoms with E-state index in [0.29, 0.717) is 0 Å². The van der Waals surface area contributed by atoms with Crippen molar-refractivity contribution >= 4 is 11.8 Å². The van der Waals surface area contributed by atoms with Crippen LogP contribution in [0.25, 0.3) is 0 Å². The molecule has 1 aliphatic carbocycles. The van der Waals surface area contributed by atoms with Gasteiger partial charge in [0.1, 0.15) is 11.7 Å². The normalized spacial score (nSPS) is 17.2. The molecule has 1 aromatic heterocycles. The molecule has 1 aromatic rings. The Balaban J connectivity index is 2.22. The smallest absolute Gasteiger partial charge is 0.272 e. The highest BCUT2D eigenvalue weighted by Gasteiger charge is 2.39. The van der Waals surface area contributed by atoms with Crippen LogP contribution in [0.4, 0.5) is 0 Å². The number of carbonyl (C=O) groups is 2. The highest BCUT2D eigenvalue weighted by Crippen LogP contribution is 2.34. The van der Waals surface area contributed by atoms with Crippen molar-refractivity contribution < 1.29 is 9.59 Å². The number of aromatic nitrogens is 2. The van der Waals surface area contributed by atoms with Crippen molar-refractivity contribution in [3.8, 4) is 0 Å². The lowest BCUT2D eigenvalue weighted by Gasteiger charge is -2.42. The van der Waals surface area contributed by atoms with Gasteiger partial charge in [0, 0.05) is 18.4 Å². The predicted octanol–water partition coefficient (Wildman–Crippen LogP) is 3.73. The minimum Gasteiger partial charge on any atom is -0.351 e. The van der Waals surface area contributed by atoms with E-state index >= 15 is 0 Å². The average Bonchev–Trinajstić information content (AvgIpc) is 2.63. The van der Waals surface area contributed by atoms with E-state index in [1.165, 1.54) is 25.0 Å². The molecule has 0 aromatic carbocycles. The van der Waals surface area contributed by atoms with Crippen LogP contribution < -0.4 is 10.6 Å². The summed E-state index contributed by atoms with van der Waals surface area (Å²) in [4.78, 5) is 34.1. The van der Waals surface area contributed by atoms with Gasteiger partial charge in [-0.2, -0.15) is 0 Å². The van der Waals surface area contributed by atoms with Gasteiger partial charge in [0.05, 0.1) is 6.20 Å². The molecule has 0 saturated heterocycles. The lowest BCUT2D eigenvalue weighted by molar-refractivity contribution is -0.127. The Kier molecular flexibility index (Phi) is 7.18. The Morgan fingerprint density at radius 2 is 1.57 bits per heavy atom. The Labute approximate surface area is 169 Å². The van der Waals surface area contributed by atoms with Crippen molar-refractivity contribution in [1.29, 1.82) is 0 Å². The van der Waals surface area contributed by atoms with Gasteiger partial charge in [0.25, 0.3) is 5.91 Å². The quantitative estimate of drug-likeness (QED) is 0.805. The second kappa shape index (κ2) is 9.01. The zero-order valence-corrected chi connectivity index (χ0v) is 18.2. The fourth-order valence-electron chi connectivity index (χ4n) is 4.46. The summed E-state index contributed by atoms with van der Waals surface area (Å²) in [5.41, 5.74) is 0.0409. The van der Waals surface area contributed by atoms with Gasteiger partial charge >= 0.3 is 0 Å². The number of amides is 2. The average molecular weight is 389 g/mol. The third kappa shape index (κ3) is 6.01. The second-order valence-electron chi connectivity index (χ2n) is 10.1. The number of nitrogens with one attached hydrogen (secondary N) is 2. The van der Waals surface area contributed by atoms with Gasteiger partial charge in [-0.3, -0.25) is 14.6 Å². The van der Waals surface area contributed by atoms with Crippen LogP contribution in [0.3, 0.4) is 0 Å². The molecule has 6 heteroatoms. The summed E-state index contributed by atoms with van der Waals surface area (Å²) in [6.45, 7) is 12.8. The molecule has 1 saturated carbocycles. The van der Waals surface area contributed by atoms with Crippen molar-refractivity contribution in [3.05, 3.63) is 24.3 Å². The lowest BCUT2D eigenvalue weighted by Crippen LogP contribution is -2.58. The standard InChI is InChI=1S/C22H36N4O2/c1-21(2,3)20(22(4,5)6)26-19(28)17(15-10-8-7-9-11-15)25-18(27)16-14-23-12-13-24-16/h12-15,17,20H,7-11H2,1-6H3,(H,25,27)(H,26,28)/t17-/m0/s1. The van der Waals surface area contributed by atoms with E-state index < -0.39 is 6.04 Å². The molecule has 0 aliphatic heterocycles. The lowest BCUT2D eigenvalue weighted by atomic mass is 9.71. The van der Waals surface area contributed by atoms with Crippen LogP contribution >= 0.6 is 0 Å². The van der Waals surface area contributed by atoms with E-state index in [1.807, 2.05) is 0 Å². The molecule has 0 unspecified atom stereocenters. The number of rotatable bonds is 5. The molecule has 6 nitrogen and oxygen atoms in total. The Morgan fingerprint density at radius 3 is 2.07 bits per heavy atom. The molecule has 1 aliphatic rings. The molecule has 0 spiro atoms. The van der Waals surface area contributed by atoms with Crippen molar-refractivity contribution in [2.24, 2.45) is 16.7 Å². The maximum atomic E-state index is 13.4. The molecule has 0 radical (unpaired) electrons. The fraction of sp³-hybridized carbons (Fsp3) is 0.727. The van der Waals surface area contributed by atoms with Gasteiger partial charge in [-0.1, -0.05) is 60.8 Å². The largest absolute Gasteiger partial charge is 0.351 e. The predicted molar refractivity (Wildman–Crippen MR) is 111 cm³/mol. The van der Waals surface area contributed by atoms with Crippen LogP contribution in [0.5, 0.6) is 0 Å². The van der Waals surface area contributed by atoms with Gasteiger partial charge in [-0.05, 0) is 29.6 Å². The molecule has 156 valence electrons. The molecule has 2 N–H and O–H groups in total. The van der Waals surface area contributed by atoms with Crippen molar-refractivity contribution in [3.63, 3.8) is 0 Å². The topological polar surface area (TPSA) is 84.0 Å². The third-order valence-electron chi connectivity index (χ3n) is 5.50. The van der Waals surface area contributed by atoms with Crippen LogP contribution in [0.15, 0.2) is 18.6 Å². The molecule has 0 bridgehead atoms. The summed E-state index contributed by atoms with van der Waals surface area (Å²) in [5, 5.41) is 6.22. The summed E-state index contributed by atoms with van der Waals surface area (Å²) >= 11 is 0. The van der Waals surface area contributed by atoms with Crippen LogP contribution in [0.1, 0.15) is 84.1 Å². The van der Waals surface area contributed by atoms with Crippen LogP contribution in [0.2, 0.25) is 0 Å². The molecule has 28 heavy (non-hydrogen) atoms. The first kappa shape index (κ1) is 22.3. The van der Waals surface area contributed by atoms with E-state index in [1.54, 1.807) is 0 Å². The first-order chi connectivity index (χ1) is 13.0. The van der Waals surface area contributed by atoms with E-state index in [2.05, 4.69) is 62.1 Å². The van der Waals surface area contributed by atoms with Crippen LogP contribution in [0, 0.1) is 16.7 Å². The highest BCUT2D eigenvalue weighted by atomic mass is 16.2. The zero-order valence-electron chi connectivity index (χ0n) is 18.2. The van der Waals surface area contributed by atoms with Gasteiger partial charge in [-0.15, -0.1) is 0 Å². The monoisotopic (exact) mass is 388 g/mol. The van der Waals surface area contributed by atoms with E-state index in [-0.39, 0.29) is 40.3 Å². The maximum Gasteiger partial charge on any atom is 0.272 e. The van der Waals surface area contributed by atoms with Crippen LogP contribution in [-0.4, -0.2) is 33.9 Å². The van der Waals surface area contributed by atoms with Crippen molar-refractivity contribution in [2.75, 3.05) is 0 Å². The molecule has 2 amide bonds. The van der Waals surface area contributed by atoms with Crippen LogP contribution in [-0.2, 0) is 4.79 Å². The summed E-state index contributed by atoms with van der Waals surface area (Å²) in [6.07, 6.45) is 9.73.